The average molecular weight is 601 g/mol. The first kappa shape index (κ1) is 27.0. The van der Waals surface area contributed by atoms with Crippen molar-refractivity contribution < 1.29 is 4.42 Å². The van der Waals surface area contributed by atoms with E-state index in [1.54, 1.807) is 0 Å². The summed E-state index contributed by atoms with van der Waals surface area (Å²) in [5.74, 6) is 0.699. The summed E-state index contributed by atoms with van der Waals surface area (Å²) in [6.45, 7) is 0. The van der Waals surface area contributed by atoms with Crippen LogP contribution in [0.2, 0.25) is 0 Å². The van der Waals surface area contributed by atoms with Crippen molar-refractivity contribution in [3.8, 4) is 56.2 Å². The molecule has 2 heterocycles. The highest BCUT2D eigenvalue weighted by Crippen LogP contribution is 2.38. The van der Waals surface area contributed by atoms with Crippen molar-refractivity contribution in [3.05, 3.63) is 170 Å². The summed E-state index contributed by atoms with van der Waals surface area (Å²) in [4.78, 5) is 10.2. The number of rotatable bonds is 5. The first-order chi connectivity index (χ1) is 23.2. The Hall–Kier alpha value is -6.32. The van der Waals surface area contributed by atoms with Crippen molar-refractivity contribution in [1.82, 2.24) is 9.97 Å². The molecule has 9 aromatic rings. The minimum atomic E-state index is 0.699. The summed E-state index contributed by atoms with van der Waals surface area (Å²) >= 11 is 0. The Balaban J connectivity index is 1.24. The average Bonchev–Trinajstić information content (AvgIpc) is 3.51. The molecule has 0 bridgehead atoms. The van der Waals surface area contributed by atoms with Crippen LogP contribution in [0, 0.1) is 0 Å². The smallest absolute Gasteiger partial charge is 0.160 e. The van der Waals surface area contributed by atoms with Crippen molar-refractivity contribution in [3.63, 3.8) is 0 Å². The highest BCUT2D eigenvalue weighted by atomic mass is 16.3. The van der Waals surface area contributed by atoms with Crippen LogP contribution in [0.4, 0.5) is 0 Å². The number of benzene rings is 7. The SMILES string of the molecule is c1ccc(-c2cc(-c3ccc4c(c3)oc3cc5ccccc5cc34)cc(-c3cc(-c4ccccc4)nc(-c4ccccc4)n3)c2)cc1. The van der Waals surface area contributed by atoms with E-state index >= 15 is 0 Å². The predicted molar refractivity (Wildman–Crippen MR) is 194 cm³/mol. The zero-order valence-electron chi connectivity index (χ0n) is 25.5. The van der Waals surface area contributed by atoms with Crippen LogP contribution in [0.5, 0.6) is 0 Å². The van der Waals surface area contributed by atoms with E-state index in [4.69, 9.17) is 14.4 Å². The topological polar surface area (TPSA) is 38.9 Å². The molecule has 0 amide bonds. The molecule has 0 aliphatic carbocycles. The molecular formula is C44H28N2O. The fourth-order valence-electron chi connectivity index (χ4n) is 6.45. The van der Waals surface area contributed by atoms with E-state index < -0.39 is 0 Å². The lowest BCUT2D eigenvalue weighted by atomic mass is 9.94. The van der Waals surface area contributed by atoms with Crippen LogP contribution >= 0.6 is 0 Å². The number of hydrogen-bond acceptors (Lipinski definition) is 3. The van der Waals surface area contributed by atoms with Crippen molar-refractivity contribution >= 4 is 32.7 Å². The Labute approximate surface area is 272 Å². The molecule has 2 aromatic heterocycles. The van der Waals surface area contributed by atoms with Crippen molar-refractivity contribution in [2.24, 2.45) is 0 Å². The van der Waals surface area contributed by atoms with Gasteiger partial charge in [-0.3, -0.25) is 0 Å². The monoisotopic (exact) mass is 600 g/mol. The lowest BCUT2D eigenvalue weighted by molar-refractivity contribution is 0.669. The number of nitrogens with zero attached hydrogens (tertiary/aromatic N) is 2. The molecule has 0 atom stereocenters. The van der Waals surface area contributed by atoms with Crippen LogP contribution in [0.1, 0.15) is 0 Å². The van der Waals surface area contributed by atoms with Gasteiger partial charge in [0.05, 0.1) is 11.4 Å². The Bertz CT molecular complexity index is 2500. The zero-order chi connectivity index (χ0) is 31.2. The second-order valence-electron chi connectivity index (χ2n) is 11.9. The Morgan fingerprint density at radius 3 is 1.55 bits per heavy atom. The number of furan rings is 1. The largest absolute Gasteiger partial charge is 0.456 e. The van der Waals surface area contributed by atoms with E-state index in [-0.39, 0.29) is 0 Å². The number of aromatic nitrogens is 2. The molecule has 3 nitrogen and oxygen atoms in total. The molecule has 220 valence electrons. The number of hydrogen-bond donors (Lipinski definition) is 0. The molecule has 0 aliphatic rings. The summed E-state index contributed by atoms with van der Waals surface area (Å²) in [5.41, 5.74) is 11.0. The Morgan fingerprint density at radius 2 is 0.851 bits per heavy atom. The molecular weight excluding hydrogens is 572 g/mol. The lowest BCUT2D eigenvalue weighted by Crippen LogP contribution is -1.96. The molecule has 0 aliphatic heterocycles. The number of fused-ring (bicyclic) bond motifs is 4. The van der Waals surface area contributed by atoms with Crippen molar-refractivity contribution in [1.29, 1.82) is 0 Å². The second-order valence-corrected chi connectivity index (χ2v) is 11.9. The van der Waals surface area contributed by atoms with E-state index in [0.717, 1.165) is 72.3 Å². The molecule has 0 unspecified atom stereocenters. The van der Waals surface area contributed by atoms with Gasteiger partial charge in [-0.1, -0.05) is 121 Å². The molecule has 0 saturated carbocycles. The highest BCUT2D eigenvalue weighted by molar-refractivity contribution is 6.10. The maximum atomic E-state index is 6.46. The van der Waals surface area contributed by atoms with Gasteiger partial charge in [-0.15, -0.1) is 0 Å². The van der Waals surface area contributed by atoms with Crippen molar-refractivity contribution in [2.75, 3.05) is 0 Å². The maximum Gasteiger partial charge on any atom is 0.160 e. The summed E-state index contributed by atoms with van der Waals surface area (Å²) < 4.78 is 6.46. The predicted octanol–water partition coefficient (Wildman–Crippen LogP) is 11.9. The molecule has 0 spiro atoms. The van der Waals surface area contributed by atoms with Gasteiger partial charge >= 0.3 is 0 Å². The van der Waals surface area contributed by atoms with E-state index in [9.17, 15) is 0 Å². The zero-order valence-corrected chi connectivity index (χ0v) is 25.5. The van der Waals surface area contributed by atoms with Gasteiger partial charge < -0.3 is 4.42 Å². The van der Waals surface area contributed by atoms with Crippen molar-refractivity contribution in [2.45, 2.75) is 0 Å². The highest BCUT2D eigenvalue weighted by Gasteiger charge is 2.15. The summed E-state index contributed by atoms with van der Waals surface area (Å²) in [6.07, 6.45) is 0. The first-order valence-corrected chi connectivity index (χ1v) is 15.8. The lowest BCUT2D eigenvalue weighted by Gasteiger charge is -2.13. The van der Waals surface area contributed by atoms with E-state index in [0.29, 0.717) is 5.82 Å². The van der Waals surface area contributed by atoms with Gasteiger partial charge in [0.15, 0.2) is 5.82 Å². The molecule has 0 N–H and O–H groups in total. The summed E-state index contributed by atoms with van der Waals surface area (Å²) in [6, 6.07) is 59.2. The third kappa shape index (κ3) is 5.04. The van der Waals surface area contributed by atoms with E-state index in [1.165, 1.54) is 10.8 Å². The minimum Gasteiger partial charge on any atom is -0.456 e. The van der Waals surface area contributed by atoms with Crippen LogP contribution in [-0.4, -0.2) is 9.97 Å². The van der Waals surface area contributed by atoms with Gasteiger partial charge in [-0.2, -0.15) is 0 Å². The van der Waals surface area contributed by atoms with Gasteiger partial charge in [0, 0.05) is 27.5 Å². The van der Waals surface area contributed by atoms with Gasteiger partial charge in [0.25, 0.3) is 0 Å². The van der Waals surface area contributed by atoms with Gasteiger partial charge in [-0.05, 0) is 81.6 Å². The molecule has 0 radical (unpaired) electrons. The molecule has 47 heavy (non-hydrogen) atoms. The fourth-order valence-corrected chi connectivity index (χ4v) is 6.45. The van der Waals surface area contributed by atoms with Crippen LogP contribution in [0.25, 0.3) is 88.9 Å². The Kier molecular flexibility index (Phi) is 6.46. The normalized spacial score (nSPS) is 11.4. The molecule has 0 saturated heterocycles. The van der Waals surface area contributed by atoms with Crippen LogP contribution < -0.4 is 0 Å². The van der Waals surface area contributed by atoms with Crippen LogP contribution in [0.3, 0.4) is 0 Å². The van der Waals surface area contributed by atoms with E-state index in [2.05, 4.69) is 133 Å². The van der Waals surface area contributed by atoms with E-state index in [1.807, 2.05) is 36.4 Å². The van der Waals surface area contributed by atoms with Gasteiger partial charge in [0.1, 0.15) is 11.2 Å². The molecule has 0 fully saturated rings. The third-order valence-electron chi connectivity index (χ3n) is 8.84. The molecule has 7 aromatic carbocycles. The maximum absolute atomic E-state index is 6.46. The standard InChI is InChI=1S/C44H28N2O/c1-4-12-29(13-5-1)35-22-36(34-20-21-38-39-25-32-18-10-11-19-33(32)26-43(39)47-42(38)27-34)24-37(23-35)41-28-40(30-14-6-2-7-15-30)45-44(46-41)31-16-8-3-9-17-31/h1-28H. The van der Waals surface area contributed by atoms with Gasteiger partial charge in [0.2, 0.25) is 0 Å². The quantitative estimate of drug-likeness (QED) is 0.197. The second kappa shape index (κ2) is 11.2. The fraction of sp³-hybridized carbons (Fsp3) is 0. The first-order valence-electron chi connectivity index (χ1n) is 15.8. The minimum absolute atomic E-state index is 0.699. The summed E-state index contributed by atoms with van der Waals surface area (Å²) in [5, 5.41) is 4.63. The van der Waals surface area contributed by atoms with Crippen LogP contribution in [0.15, 0.2) is 174 Å². The van der Waals surface area contributed by atoms with Gasteiger partial charge in [-0.25, -0.2) is 9.97 Å². The summed E-state index contributed by atoms with van der Waals surface area (Å²) in [7, 11) is 0. The molecule has 3 heteroatoms. The molecule has 9 rings (SSSR count). The van der Waals surface area contributed by atoms with Crippen LogP contribution in [-0.2, 0) is 0 Å². The Morgan fingerprint density at radius 1 is 0.319 bits per heavy atom. The third-order valence-corrected chi connectivity index (χ3v) is 8.84.